The molecule has 2 heterocycles. The summed E-state index contributed by atoms with van der Waals surface area (Å²) < 4.78 is 23.1. The average Bonchev–Trinajstić information content (AvgIpc) is 3.02. The Labute approximate surface area is 121 Å². The molecular formula is C14H24N2O3S. The molecule has 1 N–H and O–H groups in total. The second-order valence-corrected chi connectivity index (χ2v) is 8.02. The lowest BCUT2D eigenvalue weighted by molar-refractivity contribution is -0.132. The molecule has 114 valence electrons. The van der Waals surface area contributed by atoms with Crippen LogP contribution in [0, 0.1) is 5.92 Å². The molecule has 0 radical (unpaired) electrons. The van der Waals surface area contributed by atoms with Gasteiger partial charge in [-0.25, -0.2) is 8.42 Å². The van der Waals surface area contributed by atoms with E-state index in [4.69, 9.17) is 0 Å². The zero-order valence-corrected chi connectivity index (χ0v) is 12.7. The van der Waals surface area contributed by atoms with Crippen molar-refractivity contribution in [3.63, 3.8) is 0 Å². The molecule has 0 aromatic rings. The van der Waals surface area contributed by atoms with Gasteiger partial charge in [-0.1, -0.05) is 6.08 Å². The van der Waals surface area contributed by atoms with Crippen LogP contribution in [0.2, 0.25) is 0 Å². The summed E-state index contributed by atoms with van der Waals surface area (Å²) in [5.74, 6) is 0.957. The van der Waals surface area contributed by atoms with Crippen molar-refractivity contribution in [2.24, 2.45) is 5.92 Å². The molecule has 0 aromatic heterocycles. The summed E-state index contributed by atoms with van der Waals surface area (Å²) in [5.41, 5.74) is 0. The summed E-state index contributed by atoms with van der Waals surface area (Å²) in [5, 5.41) is 3.30. The van der Waals surface area contributed by atoms with E-state index in [2.05, 4.69) is 11.9 Å². The van der Waals surface area contributed by atoms with E-state index in [-0.39, 0.29) is 23.5 Å². The van der Waals surface area contributed by atoms with Crippen molar-refractivity contribution in [1.82, 2.24) is 10.2 Å². The highest BCUT2D eigenvalue weighted by molar-refractivity contribution is 7.91. The molecule has 2 aliphatic rings. The van der Waals surface area contributed by atoms with Gasteiger partial charge < -0.3 is 10.2 Å². The second kappa shape index (κ2) is 6.72. The van der Waals surface area contributed by atoms with Gasteiger partial charge in [0.15, 0.2) is 9.84 Å². The van der Waals surface area contributed by atoms with Crippen LogP contribution in [-0.2, 0) is 14.6 Å². The van der Waals surface area contributed by atoms with Crippen molar-refractivity contribution in [3.05, 3.63) is 12.7 Å². The van der Waals surface area contributed by atoms with Crippen LogP contribution in [0.15, 0.2) is 12.7 Å². The van der Waals surface area contributed by atoms with Crippen molar-refractivity contribution in [2.45, 2.75) is 31.7 Å². The van der Waals surface area contributed by atoms with Crippen LogP contribution < -0.4 is 5.32 Å². The Morgan fingerprint density at radius 3 is 2.75 bits per heavy atom. The topological polar surface area (TPSA) is 66.5 Å². The van der Waals surface area contributed by atoms with Gasteiger partial charge in [-0.2, -0.15) is 0 Å². The Hall–Kier alpha value is -0.880. The van der Waals surface area contributed by atoms with E-state index in [0.29, 0.717) is 25.3 Å². The molecule has 5 nitrogen and oxygen atoms in total. The molecule has 2 fully saturated rings. The van der Waals surface area contributed by atoms with Gasteiger partial charge in [0.1, 0.15) is 0 Å². The smallest absolute Gasteiger partial charge is 0.223 e. The minimum Gasteiger partial charge on any atom is -0.335 e. The van der Waals surface area contributed by atoms with Gasteiger partial charge in [0.05, 0.1) is 11.5 Å². The van der Waals surface area contributed by atoms with Crippen LogP contribution in [-0.4, -0.2) is 56.4 Å². The first-order valence-corrected chi connectivity index (χ1v) is 9.15. The minimum absolute atomic E-state index is 0.0684. The first-order chi connectivity index (χ1) is 9.52. The molecule has 2 saturated heterocycles. The van der Waals surface area contributed by atoms with Gasteiger partial charge in [-0.05, 0) is 38.3 Å². The lowest BCUT2D eigenvalue weighted by Gasteiger charge is -2.27. The highest BCUT2D eigenvalue weighted by Gasteiger charge is 2.34. The monoisotopic (exact) mass is 300 g/mol. The summed E-state index contributed by atoms with van der Waals surface area (Å²) >= 11 is 0. The third kappa shape index (κ3) is 4.06. The van der Waals surface area contributed by atoms with E-state index in [1.165, 1.54) is 0 Å². The van der Waals surface area contributed by atoms with Crippen LogP contribution >= 0.6 is 0 Å². The van der Waals surface area contributed by atoms with E-state index in [9.17, 15) is 13.2 Å². The fraction of sp³-hybridized carbons (Fsp3) is 0.786. The molecule has 0 saturated carbocycles. The first kappa shape index (κ1) is 15.5. The van der Waals surface area contributed by atoms with Gasteiger partial charge in [-0.3, -0.25) is 4.79 Å². The number of hydrogen-bond acceptors (Lipinski definition) is 4. The van der Waals surface area contributed by atoms with E-state index < -0.39 is 9.84 Å². The van der Waals surface area contributed by atoms with E-state index in [1.54, 1.807) is 11.0 Å². The zero-order chi connectivity index (χ0) is 14.6. The lowest BCUT2D eigenvalue weighted by atomic mass is 10.0. The van der Waals surface area contributed by atoms with E-state index >= 15 is 0 Å². The van der Waals surface area contributed by atoms with Gasteiger partial charge >= 0.3 is 0 Å². The molecule has 2 unspecified atom stereocenters. The maximum Gasteiger partial charge on any atom is 0.223 e. The van der Waals surface area contributed by atoms with Gasteiger partial charge in [0.2, 0.25) is 5.91 Å². The number of amides is 1. The Bertz CT molecular complexity index is 455. The van der Waals surface area contributed by atoms with Gasteiger partial charge in [0, 0.05) is 19.0 Å². The van der Waals surface area contributed by atoms with Crippen molar-refractivity contribution >= 4 is 15.7 Å². The maximum atomic E-state index is 12.4. The fourth-order valence-electron chi connectivity index (χ4n) is 3.05. The van der Waals surface area contributed by atoms with Crippen LogP contribution in [0.5, 0.6) is 0 Å². The molecule has 0 bridgehead atoms. The molecule has 2 rings (SSSR count). The van der Waals surface area contributed by atoms with Crippen molar-refractivity contribution in [1.29, 1.82) is 0 Å². The molecule has 1 amide bonds. The summed E-state index contributed by atoms with van der Waals surface area (Å²) in [6, 6.07) is -0.160. The highest BCUT2D eigenvalue weighted by Crippen LogP contribution is 2.21. The van der Waals surface area contributed by atoms with Crippen molar-refractivity contribution in [3.8, 4) is 0 Å². The maximum absolute atomic E-state index is 12.4. The number of rotatable bonds is 6. The number of carbonyl (C=O) groups is 1. The quantitative estimate of drug-likeness (QED) is 0.729. The van der Waals surface area contributed by atoms with Crippen LogP contribution in [0.3, 0.4) is 0 Å². The summed E-state index contributed by atoms with van der Waals surface area (Å²) in [4.78, 5) is 14.1. The summed E-state index contributed by atoms with van der Waals surface area (Å²) in [6.45, 7) is 6.15. The number of carbonyl (C=O) groups excluding carboxylic acids is 1. The van der Waals surface area contributed by atoms with Crippen LogP contribution in [0.25, 0.3) is 0 Å². The average molecular weight is 300 g/mol. The molecule has 6 heteroatoms. The highest BCUT2D eigenvalue weighted by atomic mass is 32.2. The molecular weight excluding hydrogens is 276 g/mol. The lowest BCUT2D eigenvalue weighted by Crippen LogP contribution is -2.41. The molecule has 0 spiro atoms. The van der Waals surface area contributed by atoms with Crippen LogP contribution in [0.4, 0.5) is 0 Å². The number of sulfone groups is 1. The number of nitrogens with zero attached hydrogens (tertiary/aromatic N) is 1. The SMILES string of the molecule is C=CCN(C(=O)CCC1CCNC1)C1CCS(=O)(=O)C1. The van der Waals surface area contributed by atoms with Gasteiger partial charge in [-0.15, -0.1) is 6.58 Å². The summed E-state index contributed by atoms with van der Waals surface area (Å²) in [6.07, 6.45) is 4.77. The Morgan fingerprint density at radius 2 is 2.20 bits per heavy atom. The molecule has 2 atom stereocenters. The Balaban J connectivity index is 1.89. The predicted octanol–water partition coefficient (Wildman–Crippen LogP) is 0.578. The largest absolute Gasteiger partial charge is 0.335 e. The number of hydrogen-bond donors (Lipinski definition) is 1. The third-order valence-corrected chi connectivity index (χ3v) is 5.97. The van der Waals surface area contributed by atoms with Crippen LogP contribution in [0.1, 0.15) is 25.7 Å². The standard InChI is InChI=1S/C14H24N2O3S/c1-2-8-16(13-6-9-20(18,19)11-13)14(17)4-3-12-5-7-15-10-12/h2,12-13,15H,1,3-11H2. The molecule has 0 aliphatic carbocycles. The van der Waals surface area contributed by atoms with Crippen molar-refractivity contribution in [2.75, 3.05) is 31.1 Å². The molecule has 2 aliphatic heterocycles. The second-order valence-electron chi connectivity index (χ2n) is 5.79. The zero-order valence-electron chi connectivity index (χ0n) is 11.9. The summed E-state index contributed by atoms with van der Waals surface area (Å²) in [7, 11) is -2.96. The normalized spacial score (nSPS) is 28.4. The fourth-order valence-corrected chi connectivity index (χ4v) is 4.78. The van der Waals surface area contributed by atoms with Crippen molar-refractivity contribution < 1.29 is 13.2 Å². The van der Waals surface area contributed by atoms with E-state index in [0.717, 1.165) is 25.9 Å². The van der Waals surface area contributed by atoms with E-state index in [1.807, 2.05) is 0 Å². The third-order valence-electron chi connectivity index (χ3n) is 4.22. The number of nitrogens with one attached hydrogen (secondary N) is 1. The first-order valence-electron chi connectivity index (χ1n) is 7.33. The minimum atomic E-state index is -2.96. The Morgan fingerprint density at radius 1 is 1.40 bits per heavy atom. The molecule has 20 heavy (non-hydrogen) atoms. The predicted molar refractivity (Wildman–Crippen MR) is 79.2 cm³/mol. The van der Waals surface area contributed by atoms with Gasteiger partial charge in [0.25, 0.3) is 0 Å². The Kier molecular flexibility index (Phi) is 5.21. The molecule has 0 aromatic carbocycles.